The Morgan fingerprint density at radius 2 is 2.17 bits per heavy atom. The van der Waals surface area contributed by atoms with Crippen molar-refractivity contribution in [1.82, 2.24) is 15.3 Å². The van der Waals surface area contributed by atoms with Crippen molar-refractivity contribution in [3.8, 4) is 0 Å². The summed E-state index contributed by atoms with van der Waals surface area (Å²) in [4.78, 5) is 20.1. The van der Waals surface area contributed by atoms with Crippen LogP contribution in [0.2, 0.25) is 0 Å². The zero-order valence-electron chi connectivity index (χ0n) is 14.0. The lowest BCUT2D eigenvalue weighted by Gasteiger charge is -2.25. The molecule has 0 unspecified atom stereocenters. The molecule has 0 saturated carbocycles. The van der Waals surface area contributed by atoms with E-state index in [2.05, 4.69) is 39.6 Å². The van der Waals surface area contributed by atoms with Crippen molar-refractivity contribution in [3.05, 3.63) is 59.2 Å². The number of aryl methyl sites for hydroxylation is 2. The number of carbonyl (C=O) groups excluding carboxylic acids is 1. The van der Waals surface area contributed by atoms with Crippen molar-refractivity contribution in [2.45, 2.75) is 38.7 Å². The predicted octanol–water partition coefficient (Wildman–Crippen LogP) is 3.00. The molecule has 1 aromatic carbocycles. The Hall–Kier alpha value is -2.27. The molecule has 2 aromatic rings. The second kappa shape index (κ2) is 8.02. The molecular formula is C19H23N3O2. The number of nitrogens with zero attached hydrogens (tertiary/aromatic N) is 2. The fourth-order valence-corrected chi connectivity index (χ4v) is 2.98. The van der Waals surface area contributed by atoms with Crippen molar-refractivity contribution >= 4 is 5.91 Å². The van der Waals surface area contributed by atoms with E-state index in [1.165, 1.54) is 23.7 Å². The lowest BCUT2D eigenvalue weighted by molar-refractivity contribution is 0.0393. The molecule has 1 amide bonds. The number of rotatable bonds is 6. The smallest absolute Gasteiger partial charge is 0.271 e. The van der Waals surface area contributed by atoms with Crippen molar-refractivity contribution in [2.24, 2.45) is 0 Å². The molecule has 5 nitrogen and oxygen atoms in total. The molecule has 24 heavy (non-hydrogen) atoms. The van der Waals surface area contributed by atoms with Gasteiger partial charge in [-0.1, -0.05) is 24.3 Å². The highest BCUT2D eigenvalue weighted by molar-refractivity contribution is 5.91. The average molecular weight is 325 g/mol. The van der Waals surface area contributed by atoms with Crippen molar-refractivity contribution < 1.29 is 9.53 Å². The van der Waals surface area contributed by atoms with E-state index in [0.29, 0.717) is 18.8 Å². The molecule has 0 spiro atoms. The fourth-order valence-electron chi connectivity index (χ4n) is 2.98. The van der Waals surface area contributed by atoms with Gasteiger partial charge in [-0.25, -0.2) is 4.98 Å². The highest BCUT2D eigenvalue weighted by Crippen LogP contribution is 2.32. The highest BCUT2D eigenvalue weighted by atomic mass is 16.5. The number of nitrogens with one attached hydrogen (secondary N) is 1. The third-order valence-corrected chi connectivity index (χ3v) is 4.25. The van der Waals surface area contributed by atoms with Gasteiger partial charge in [0.25, 0.3) is 5.91 Å². The minimum absolute atomic E-state index is 0.189. The van der Waals surface area contributed by atoms with E-state index in [-0.39, 0.29) is 12.0 Å². The van der Waals surface area contributed by atoms with Gasteiger partial charge in [0.05, 0.1) is 18.0 Å². The number of fused-ring (bicyclic) bond motifs is 1. The van der Waals surface area contributed by atoms with Crippen molar-refractivity contribution in [3.63, 3.8) is 0 Å². The Labute approximate surface area is 142 Å². The maximum Gasteiger partial charge on any atom is 0.271 e. The molecule has 0 fully saturated rings. The topological polar surface area (TPSA) is 64.1 Å². The lowest BCUT2D eigenvalue weighted by atomic mass is 9.89. The molecular weight excluding hydrogens is 302 g/mol. The van der Waals surface area contributed by atoms with Crippen LogP contribution in [0.5, 0.6) is 0 Å². The van der Waals surface area contributed by atoms with Crippen LogP contribution in [-0.4, -0.2) is 29.0 Å². The molecule has 1 atom stereocenters. The van der Waals surface area contributed by atoms with Gasteiger partial charge in [0.2, 0.25) is 0 Å². The third kappa shape index (κ3) is 4.17. The third-order valence-electron chi connectivity index (χ3n) is 4.25. The summed E-state index contributed by atoms with van der Waals surface area (Å²) in [6.45, 7) is 3.05. The van der Waals surface area contributed by atoms with E-state index in [1.54, 1.807) is 6.20 Å². The number of ether oxygens (including phenoxy) is 1. The van der Waals surface area contributed by atoms with E-state index < -0.39 is 0 Å². The van der Waals surface area contributed by atoms with Gasteiger partial charge in [-0.2, -0.15) is 0 Å². The minimum atomic E-state index is -0.189. The van der Waals surface area contributed by atoms with Crippen LogP contribution in [0.4, 0.5) is 0 Å². The highest BCUT2D eigenvalue weighted by Gasteiger charge is 2.19. The van der Waals surface area contributed by atoms with Gasteiger partial charge < -0.3 is 10.1 Å². The van der Waals surface area contributed by atoms with Crippen LogP contribution in [0.15, 0.2) is 36.7 Å². The zero-order valence-corrected chi connectivity index (χ0v) is 14.0. The Morgan fingerprint density at radius 3 is 3.00 bits per heavy atom. The van der Waals surface area contributed by atoms with Crippen LogP contribution >= 0.6 is 0 Å². The molecule has 3 rings (SSSR count). The SMILES string of the molecule is Cc1cnc(C(=O)NCCCO[C@H]2CCCc3ccccc32)cn1. The Kier molecular flexibility index (Phi) is 5.54. The Bertz CT molecular complexity index is 685. The van der Waals surface area contributed by atoms with Gasteiger partial charge in [-0.15, -0.1) is 0 Å². The summed E-state index contributed by atoms with van der Waals surface area (Å²) < 4.78 is 6.03. The number of benzene rings is 1. The van der Waals surface area contributed by atoms with Crippen LogP contribution in [0.1, 0.15) is 52.7 Å². The van der Waals surface area contributed by atoms with E-state index in [9.17, 15) is 4.79 Å². The normalized spacial score (nSPS) is 16.5. The minimum Gasteiger partial charge on any atom is -0.373 e. The van der Waals surface area contributed by atoms with Crippen LogP contribution in [0.3, 0.4) is 0 Å². The summed E-state index contributed by atoms with van der Waals surface area (Å²) in [5.41, 5.74) is 3.87. The zero-order chi connectivity index (χ0) is 16.8. The molecule has 0 bridgehead atoms. The molecule has 1 heterocycles. The molecule has 1 aliphatic rings. The predicted molar refractivity (Wildman–Crippen MR) is 91.8 cm³/mol. The van der Waals surface area contributed by atoms with Gasteiger partial charge in [0, 0.05) is 19.3 Å². The molecule has 0 radical (unpaired) electrons. The number of hydrogen-bond acceptors (Lipinski definition) is 4. The van der Waals surface area contributed by atoms with E-state index in [4.69, 9.17) is 4.74 Å². The van der Waals surface area contributed by atoms with Crippen molar-refractivity contribution in [2.75, 3.05) is 13.2 Å². The standard InChI is InChI=1S/C19H23N3O2/c1-14-12-22-17(13-21-14)19(23)20-10-5-11-24-18-9-4-7-15-6-2-3-8-16(15)18/h2-3,6,8,12-13,18H,4-5,7,9-11H2,1H3,(H,20,23)/t18-/m0/s1. The summed E-state index contributed by atoms with van der Waals surface area (Å²) in [6.07, 6.45) is 7.45. The summed E-state index contributed by atoms with van der Waals surface area (Å²) in [7, 11) is 0. The van der Waals surface area contributed by atoms with Crippen LogP contribution in [0, 0.1) is 6.92 Å². The van der Waals surface area contributed by atoms with Gasteiger partial charge in [0.15, 0.2) is 0 Å². The fraction of sp³-hybridized carbons (Fsp3) is 0.421. The molecule has 0 aliphatic heterocycles. The van der Waals surface area contributed by atoms with Gasteiger partial charge >= 0.3 is 0 Å². The number of hydrogen-bond donors (Lipinski definition) is 1. The lowest BCUT2D eigenvalue weighted by Crippen LogP contribution is -2.26. The van der Waals surface area contributed by atoms with Gasteiger partial charge in [-0.05, 0) is 43.7 Å². The van der Waals surface area contributed by atoms with E-state index in [1.807, 2.05) is 6.92 Å². The second-order valence-corrected chi connectivity index (χ2v) is 6.10. The summed E-state index contributed by atoms with van der Waals surface area (Å²) >= 11 is 0. The monoisotopic (exact) mass is 325 g/mol. The molecule has 0 saturated heterocycles. The Morgan fingerprint density at radius 1 is 1.29 bits per heavy atom. The van der Waals surface area contributed by atoms with Crippen molar-refractivity contribution in [1.29, 1.82) is 0 Å². The first-order chi connectivity index (χ1) is 11.7. The maximum absolute atomic E-state index is 11.9. The van der Waals surface area contributed by atoms with E-state index >= 15 is 0 Å². The van der Waals surface area contributed by atoms with E-state index in [0.717, 1.165) is 25.0 Å². The molecule has 1 N–H and O–H groups in total. The second-order valence-electron chi connectivity index (χ2n) is 6.10. The quantitative estimate of drug-likeness (QED) is 0.829. The first-order valence-electron chi connectivity index (χ1n) is 8.50. The molecule has 126 valence electrons. The molecule has 1 aromatic heterocycles. The summed E-state index contributed by atoms with van der Waals surface area (Å²) in [5.74, 6) is -0.189. The van der Waals surface area contributed by atoms with Gasteiger partial charge in [-0.3, -0.25) is 9.78 Å². The number of carbonyl (C=O) groups is 1. The maximum atomic E-state index is 11.9. The molecule has 5 heteroatoms. The van der Waals surface area contributed by atoms with Gasteiger partial charge in [0.1, 0.15) is 5.69 Å². The summed E-state index contributed by atoms with van der Waals surface area (Å²) in [6, 6.07) is 8.51. The first-order valence-corrected chi connectivity index (χ1v) is 8.50. The largest absolute Gasteiger partial charge is 0.373 e. The number of amides is 1. The average Bonchev–Trinajstić information content (AvgIpc) is 2.62. The Balaban J connectivity index is 1.40. The summed E-state index contributed by atoms with van der Waals surface area (Å²) in [5, 5.41) is 2.85. The van der Waals surface area contributed by atoms with Crippen LogP contribution < -0.4 is 5.32 Å². The first kappa shape index (κ1) is 16.6. The number of aromatic nitrogens is 2. The van der Waals surface area contributed by atoms with Crippen LogP contribution in [-0.2, 0) is 11.2 Å². The molecule has 1 aliphatic carbocycles. The van der Waals surface area contributed by atoms with Crippen LogP contribution in [0.25, 0.3) is 0 Å².